The van der Waals surface area contributed by atoms with Gasteiger partial charge < -0.3 is 9.30 Å². The smallest absolute Gasteiger partial charge is 0.142 e. The normalized spacial score (nSPS) is 11.0. The number of benzene rings is 3. The molecule has 4 aromatic rings. The highest BCUT2D eigenvalue weighted by Gasteiger charge is 2.14. The molecule has 4 rings (SSSR count). The van der Waals surface area contributed by atoms with Gasteiger partial charge in [-0.2, -0.15) is 0 Å². The van der Waals surface area contributed by atoms with Gasteiger partial charge in [0, 0.05) is 5.56 Å². The summed E-state index contributed by atoms with van der Waals surface area (Å²) in [5.41, 5.74) is 4.10. The van der Waals surface area contributed by atoms with Crippen LogP contribution in [0.3, 0.4) is 0 Å². The summed E-state index contributed by atoms with van der Waals surface area (Å²) >= 11 is 6.42. The molecule has 26 heavy (non-hydrogen) atoms. The number of aromatic nitrogens is 2. The molecule has 0 spiro atoms. The fraction of sp³-hybridized carbons (Fsp3) is 0.136. The molecule has 1 heterocycles. The van der Waals surface area contributed by atoms with Crippen LogP contribution in [0.15, 0.2) is 72.8 Å². The molecule has 0 bridgehead atoms. The van der Waals surface area contributed by atoms with Crippen molar-refractivity contribution in [2.75, 3.05) is 6.61 Å². The zero-order valence-corrected chi connectivity index (χ0v) is 15.3. The Kier molecular flexibility index (Phi) is 4.63. The van der Waals surface area contributed by atoms with E-state index in [1.165, 1.54) is 0 Å². The summed E-state index contributed by atoms with van der Waals surface area (Å²) in [6.07, 6.45) is 0. The molecule has 0 saturated carbocycles. The molecule has 3 aromatic carbocycles. The number of ether oxygens (including phenoxy) is 1. The van der Waals surface area contributed by atoms with Crippen molar-refractivity contribution in [3.05, 3.63) is 83.4 Å². The van der Waals surface area contributed by atoms with Gasteiger partial charge in [0.1, 0.15) is 18.2 Å². The number of hydrogen-bond donors (Lipinski definition) is 0. The first-order valence-corrected chi connectivity index (χ1v) is 9.00. The number of fused-ring (bicyclic) bond motifs is 1. The zero-order valence-electron chi connectivity index (χ0n) is 14.5. The lowest BCUT2D eigenvalue weighted by molar-refractivity contribution is 0.299. The Balaban J connectivity index is 1.68. The minimum Gasteiger partial charge on any atom is -0.491 e. The predicted molar refractivity (Wildman–Crippen MR) is 107 cm³/mol. The topological polar surface area (TPSA) is 27.1 Å². The van der Waals surface area contributed by atoms with Crippen LogP contribution in [-0.2, 0) is 6.54 Å². The number of rotatable bonds is 5. The zero-order chi connectivity index (χ0) is 17.9. The molecule has 0 aliphatic carbocycles. The molecule has 0 N–H and O–H groups in total. The molecular formula is C22H19ClN2O. The number of para-hydroxylation sites is 3. The Morgan fingerprint density at radius 1 is 0.923 bits per heavy atom. The van der Waals surface area contributed by atoms with Crippen LogP contribution in [0.1, 0.15) is 5.56 Å². The summed E-state index contributed by atoms with van der Waals surface area (Å²) in [6.45, 7) is 3.30. The van der Waals surface area contributed by atoms with Gasteiger partial charge in [0.25, 0.3) is 0 Å². The second-order valence-corrected chi connectivity index (χ2v) is 6.58. The Labute approximate surface area is 157 Å². The molecule has 0 unspecified atom stereocenters. The Morgan fingerprint density at radius 2 is 1.65 bits per heavy atom. The summed E-state index contributed by atoms with van der Waals surface area (Å²) in [4.78, 5) is 4.81. The molecule has 0 radical (unpaired) electrons. The molecule has 0 saturated heterocycles. The highest BCUT2D eigenvalue weighted by molar-refractivity contribution is 6.33. The van der Waals surface area contributed by atoms with E-state index in [1.807, 2.05) is 60.7 Å². The van der Waals surface area contributed by atoms with Crippen molar-refractivity contribution in [1.82, 2.24) is 9.55 Å². The van der Waals surface area contributed by atoms with Crippen LogP contribution >= 0.6 is 11.6 Å². The van der Waals surface area contributed by atoms with E-state index in [1.54, 1.807) is 0 Å². The van der Waals surface area contributed by atoms with Gasteiger partial charge in [0.15, 0.2) is 0 Å². The van der Waals surface area contributed by atoms with Crippen LogP contribution in [0.4, 0.5) is 0 Å². The molecule has 0 aliphatic rings. The van der Waals surface area contributed by atoms with E-state index in [0.717, 1.165) is 33.7 Å². The molecule has 0 aliphatic heterocycles. The van der Waals surface area contributed by atoms with Crippen LogP contribution in [0.25, 0.3) is 22.4 Å². The first kappa shape index (κ1) is 16.7. The van der Waals surface area contributed by atoms with Gasteiger partial charge in [-0.1, -0.05) is 54.1 Å². The summed E-state index contributed by atoms with van der Waals surface area (Å²) in [5.74, 6) is 1.78. The molecule has 4 heteroatoms. The molecule has 0 fully saturated rings. The summed E-state index contributed by atoms with van der Waals surface area (Å²) in [7, 11) is 0. The van der Waals surface area contributed by atoms with Gasteiger partial charge in [-0.05, 0) is 42.8 Å². The average molecular weight is 363 g/mol. The van der Waals surface area contributed by atoms with Crippen LogP contribution in [-0.4, -0.2) is 16.2 Å². The molecular weight excluding hydrogens is 344 g/mol. The first-order valence-electron chi connectivity index (χ1n) is 8.62. The van der Waals surface area contributed by atoms with Crippen molar-refractivity contribution >= 4 is 22.6 Å². The van der Waals surface area contributed by atoms with E-state index in [0.29, 0.717) is 18.2 Å². The molecule has 1 aromatic heterocycles. The summed E-state index contributed by atoms with van der Waals surface area (Å²) in [6, 6.07) is 24.0. The maximum Gasteiger partial charge on any atom is 0.142 e. The Bertz CT molecular complexity index is 1050. The van der Waals surface area contributed by atoms with Crippen molar-refractivity contribution in [2.24, 2.45) is 0 Å². The third-order valence-electron chi connectivity index (χ3n) is 4.44. The van der Waals surface area contributed by atoms with Crippen LogP contribution in [0.2, 0.25) is 5.02 Å². The van der Waals surface area contributed by atoms with E-state index in [4.69, 9.17) is 21.3 Å². The largest absolute Gasteiger partial charge is 0.491 e. The summed E-state index contributed by atoms with van der Waals surface area (Å²) < 4.78 is 8.17. The maximum atomic E-state index is 6.42. The minimum atomic E-state index is 0.558. The van der Waals surface area contributed by atoms with Crippen molar-refractivity contribution in [3.63, 3.8) is 0 Å². The van der Waals surface area contributed by atoms with Gasteiger partial charge in [0.05, 0.1) is 22.6 Å². The highest BCUT2D eigenvalue weighted by atomic mass is 35.5. The monoisotopic (exact) mass is 362 g/mol. The van der Waals surface area contributed by atoms with E-state index in [2.05, 4.69) is 23.6 Å². The minimum absolute atomic E-state index is 0.558. The molecule has 0 amide bonds. The Morgan fingerprint density at radius 3 is 2.50 bits per heavy atom. The van der Waals surface area contributed by atoms with E-state index < -0.39 is 0 Å². The van der Waals surface area contributed by atoms with Gasteiger partial charge in [-0.15, -0.1) is 0 Å². The third kappa shape index (κ3) is 3.18. The average Bonchev–Trinajstić information content (AvgIpc) is 3.02. The number of nitrogens with zero attached hydrogens (tertiary/aromatic N) is 2. The predicted octanol–water partition coefficient (Wildman–Crippen LogP) is 5.74. The van der Waals surface area contributed by atoms with E-state index in [-0.39, 0.29) is 0 Å². The number of halogens is 1. The number of aryl methyl sites for hydroxylation is 1. The fourth-order valence-corrected chi connectivity index (χ4v) is 3.34. The van der Waals surface area contributed by atoms with Gasteiger partial charge in [0.2, 0.25) is 0 Å². The third-order valence-corrected chi connectivity index (χ3v) is 4.76. The van der Waals surface area contributed by atoms with Crippen LogP contribution in [0.5, 0.6) is 5.75 Å². The lowest BCUT2D eigenvalue weighted by Crippen LogP contribution is -2.10. The highest BCUT2D eigenvalue weighted by Crippen LogP contribution is 2.30. The lowest BCUT2D eigenvalue weighted by atomic mass is 10.2. The maximum absolute atomic E-state index is 6.42. The van der Waals surface area contributed by atoms with Crippen LogP contribution < -0.4 is 4.74 Å². The molecule has 130 valence electrons. The van der Waals surface area contributed by atoms with Gasteiger partial charge >= 0.3 is 0 Å². The van der Waals surface area contributed by atoms with E-state index >= 15 is 0 Å². The number of imidazole rings is 1. The fourth-order valence-electron chi connectivity index (χ4n) is 3.12. The molecule has 0 atom stereocenters. The molecule has 3 nitrogen and oxygen atoms in total. The van der Waals surface area contributed by atoms with Crippen molar-refractivity contribution in [3.8, 4) is 17.1 Å². The van der Waals surface area contributed by atoms with Crippen molar-refractivity contribution in [2.45, 2.75) is 13.5 Å². The standard InChI is InChI=1S/C22H19ClN2O/c1-16-8-2-7-13-21(16)26-15-14-25-20-12-6-5-11-19(20)24-22(25)17-9-3-4-10-18(17)23/h2-13H,14-15H2,1H3. The van der Waals surface area contributed by atoms with Gasteiger partial charge in [-0.25, -0.2) is 4.98 Å². The quantitative estimate of drug-likeness (QED) is 0.452. The SMILES string of the molecule is Cc1ccccc1OCCn1c(-c2ccccc2Cl)nc2ccccc21. The van der Waals surface area contributed by atoms with Crippen molar-refractivity contribution < 1.29 is 4.74 Å². The Hall–Kier alpha value is -2.78. The van der Waals surface area contributed by atoms with Gasteiger partial charge in [-0.3, -0.25) is 0 Å². The number of hydrogen-bond acceptors (Lipinski definition) is 2. The second-order valence-electron chi connectivity index (χ2n) is 6.17. The second kappa shape index (κ2) is 7.22. The van der Waals surface area contributed by atoms with Crippen LogP contribution in [0, 0.1) is 6.92 Å². The summed E-state index contributed by atoms with van der Waals surface area (Å²) in [5, 5.41) is 0.698. The lowest BCUT2D eigenvalue weighted by Gasteiger charge is -2.13. The van der Waals surface area contributed by atoms with E-state index in [9.17, 15) is 0 Å². The van der Waals surface area contributed by atoms with Crippen molar-refractivity contribution in [1.29, 1.82) is 0 Å². The first-order chi connectivity index (χ1) is 12.7.